The van der Waals surface area contributed by atoms with Crippen molar-refractivity contribution in [3.63, 3.8) is 0 Å². The molecule has 0 saturated carbocycles. The number of ether oxygens (including phenoxy) is 1. The molecule has 0 spiro atoms. The highest BCUT2D eigenvalue weighted by molar-refractivity contribution is 6.55. The molecule has 0 aliphatic rings. The van der Waals surface area contributed by atoms with Crippen LogP contribution in [0.4, 0.5) is 0 Å². The maximum atomic E-state index is 4.91. The summed E-state index contributed by atoms with van der Waals surface area (Å²) in [6.45, 7) is 0.950. The Morgan fingerprint density at radius 1 is 1.38 bits per heavy atom. The molecular weight excluding hydrogens is 115 g/mol. The molecule has 0 rings (SSSR count). The maximum Gasteiger partial charge on any atom is 0.0426 e. The quantitative estimate of drug-likeness (QED) is 0.416. The van der Waals surface area contributed by atoms with E-state index in [9.17, 15) is 0 Å². The first-order valence-corrected chi connectivity index (χ1v) is 6.39. The Morgan fingerprint density at radius 3 is 2.38 bits per heavy atom. The van der Waals surface area contributed by atoms with Gasteiger partial charge in [-0.1, -0.05) is 6.42 Å². The summed E-state index contributed by atoms with van der Waals surface area (Å²) < 4.78 is 4.91. The van der Waals surface area contributed by atoms with Crippen LogP contribution >= 0.6 is 0 Å². The first-order chi connectivity index (χ1) is 3.77. The van der Waals surface area contributed by atoms with Gasteiger partial charge >= 0.3 is 0 Å². The smallest absolute Gasteiger partial charge is 0.0426 e. The molecule has 0 aromatic rings. The van der Waals surface area contributed by atoms with Gasteiger partial charge in [-0.25, -0.2) is 16.9 Å². The molecule has 0 heterocycles. The average molecular weight is 130 g/mol. The predicted molar refractivity (Wildman–Crippen MR) is 38.8 cm³/mol. The highest BCUT2D eigenvalue weighted by atomic mass is 27.2. The number of rotatable bonds is 4. The molecule has 0 aromatic carbocycles. The van der Waals surface area contributed by atoms with E-state index in [2.05, 4.69) is 11.6 Å². The van der Waals surface area contributed by atoms with Gasteiger partial charge < -0.3 is 4.74 Å². The Morgan fingerprint density at radius 2 is 2.00 bits per heavy atom. The van der Waals surface area contributed by atoms with Gasteiger partial charge in [-0.2, -0.15) is 0 Å². The third-order valence-corrected chi connectivity index (χ3v) is 2.69. The molecule has 0 saturated heterocycles. The van der Waals surface area contributed by atoms with E-state index >= 15 is 0 Å². The average Bonchev–Trinajstić information content (AvgIpc) is 1.66. The third kappa shape index (κ3) is 6.49. The van der Waals surface area contributed by atoms with Crippen LogP contribution in [0.5, 0.6) is 0 Å². The van der Waals surface area contributed by atoms with Crippen LogP contribution in [0.1, 0.15) is 6.42 Å². The van der Waals surface area contributed by atoms with Crippen molar-refractivity contribution >= 4 is 14.1 Å². The van der Waals surface area contributed by atoms with Crippen LogP contribution in [0.15, 0.2) is 0 Å². The molecule has 0 fully saturated rings. The van der Waals surface area contributed by atoms with E-state index in [1.54, 1.807) is 7.11 Å². The fraction of sp³-hybridized carbons (Fsp3) is 1.00. The van der Waals surface area contributed by atoms with Crippen LogP contribution in [0.25, 0.3) is 0 Å². The summed E-state index contributed by atoms with van der Waals surface area (Å²) in [7, 11) is 1.77. The van der Waals surface area contributed by atoms with Gasteiger partial charge in [-0.15, -0.1) is 0 Å². The van der Waals surface area contributed by atoms with Crippen LogP contribution in [-0.2, 0) is 4.74 Å². The summed E-state index contributed by atoms with van der Waals surface area (Å²) in [4.78, 5) is 0. The van der Waals surface area contributed by atoms with Gasteiger partial charge in [-0.05, 0) is 14.1 Å². The fourth-order valence-corrected chi connectivity index (χ4v) is 1.62. The van der Waals surface area contributed by atoms with Crippen LogP contribution in [0, 0.1) is 0 Å². The summed E-state index contributed by atoms with van der Waals surface area (Å²) in [6, 6.07) is 0. The molecule has 1 radical (unpaired) electrons. The molecule has 8 heavy (non-hydrogen) atoms. The second-order valence-corrected chi connectivity index (χ2v) is 5.89. The van der Waals surface area contributed by atoms with Crippen molar-refractivity contribution < 1.29 is 4.74 Å². The molecule has 0 amide bonds. The number of methoxy groups -OCH3 is 1. The van der Waals surface area contributed by atoms with Crippen molar-refractivity contribution in [2.24, 2.45) is 0 Å². The zero-order valence-corrected chi connectivity index (χ0v) is 7.26. The second-order valence-electron chi connectivity index (χ2n) is 2.53. The number of hydrogen-bond acceptors (Lipinski definition) is 1. The molecule has 0 atom stereocenters. The molecular formula is C6H15AlO-. The van der Waals surface area contributed by atoms with E-state index in [-0.39, 0.29) is 14.1 Å². The van der Waals surface area contributed by atoms with Crippen molar-refractivity contribution in [2.45, 2.75) is 23.3 Å². The zero-order chi connectivity index (χ0) is 6.41. The van der Waals surface area contributed by atoms with Crippen LogP contribution in [0.2, 0.25) is 16.9 Å². The molecule has 0 N–H and O–H groups in total. The molecule has 1 nitrogen and oxygen atoms in total. The van der Waals surface area contributed by atoms with Gasteiger partial charge in [-0.3, -0.25) is 0 Å². The Kier molecular flexibility index (Phi) is 5.97. The van der Waals surface area contributed by atoms with E-state index < -0.39 is 0 Å². The molecule has 0 aromatic heterocycles. The Balaban J connectivity index is 2.72. The lowest BCUT2D eigenvalue weighted by molar-refractivity contribution is 0.199. The molecule has 0 aliphatic heterocycles. The minimum atomic E-state index is -0.282. The minimum Gasteiger partial charge on any atom is -0.385 e. The zero-order valence-electron chi connectivity index (χ0n) is 6.11. The van der Waals surface area contributed by atoms with Gasteiger partial charge in [0, 0.05) is 13.7 Å². The monoisotopic (exact) mass is 130 g/mol. The molecule has 0 bridgehead atoms. The van der Waals surface area contributed by atoms with Crippen molar-refractivity contribution in [3.05, 3.63) is 0 Å². The Bertz CT molecular complexity index is 45.8. The molecule has 0 unspecified atom stereocenters. The van der Waals surface area contributed by atoms with Gasteiger partial charge in [0.2, 0.25) is 0 Å². The first-order valence-electron chi connectivity index (χ1n) is 3.26. The van der Waals surface area contributed by atoms with E-state index in [0.29, 0.717) is 0 Å². The first kappa shape index (κ1) is 8.49. The van der Waals surface area contributed by atoms with Crippen LogP contribution in [0.3, 0.4) is 0 Å². The summed E-state index contributed by atoms with van der Waals surface area (Å²) in [5, 5.41) is 1.42. The van der Waals surface area contributed by atoms with E-state index in [1.165, 1.54) is 11.7 Å². The Hall–Kier alpha value is 0.492. The SMILES string of the molecule is COCC[CH2][Al-]([CH3])[CH3]. The molecule has 49 valence electrons. The van der Waals surface area contributed by atoms with Gasteiger partial charge in [0.15, 0.2) is 0 Å². The van der Waals surface area contributed by atoms with Crippen LogP contribution in [-0.4, -0.2) is 27.9 Å². The minimum absolute atomic E-state index is 0.282. The van der Waals surface area contributed by atoms with Gasteiger partial charge in [0.1, 0.15) is 0 Å². The van der Waals surface area contributed by atoms with Crippen molar-refractivity contribution in [1.82, 2.24) is 0 Å². The highest BCUT2D eigenvalue weighted by Crippen LogP contribution is 1.95. The van der Waals surface area contributed by atoms with Gasteiger partial charge in [0.25, 0.3) is 0 Å². The summed E-state index contributed by atoms with van der Waals surface area (Å²) in [5.74, 6) is 4.74. The lowest BCUT2D eigenvalue weighted by Gasteiger charge is -2.08. The summed E-state index contributed by atoms with van der Waals surface area (Å²) >= 11 is -0.282. The maximum absolute atomic E-state index is 4.91. The third-order valence-electron chi connectivity index (χ3n) is 1.13. The van der Waals surface area contributed by atoms with Gasteiger partial charge in [0.05, 0.1) is 0 Å². The Labute approximate surface area is 56.4 Å². The fourth-order valence-electron chi connectivity index (χ4n) is 0.636. The highest BCUT2D eigenvalue weighted by Gasteiger charge is 1.84. The largest absolute Gasteiger partial charge is 0.385 e. The lowest BCUT2D eigenvalue weighted by Crippen LogP contribution is -2.00. The standard InChI is InChI=1S/C4H9O.2CH3.Al/c1-3-4-5-2;;;/h1,3-4H2,2H3;2*1H3;/q;;;-1. The molecule has 0 aliphatic carbocycles. The lowest BCUT2D eigenvalue weighted by atomic mass is 10.5. The van der Waals surface area contributed by atoms with E-state index in [4.69, 9.17) is 4.74 Å². The van der Waals surface area contributed by atoms with Crippen molar-refractivity contribution in [2.75, 3.05) is 13.7 Å². The van der Waals surface area contributed by atoms with Crippen LogP contribution < -0.4 is 0 Å². The molecule has 2 heteroatoms. The van der Waals surface area contributed by atoms with Crippen molar-refractivity contribution in [1.29, 1.82) is 0 Å². The summed E-state index contributed by atoms with van der Waals surface area (Å²) in [5.41, 5.74) is 0. The summed E-state index contributed by atoms with van der Waals surface area (Å²) in [6.07, 6.45) is 1.26. The van der Waals surface area contributed by atoms with Crippen molar-refractivity contribution in [3.8, 4) is 0 Å². The predicted octanol–water partition coefficient (Wildman–Crippen LogP) is 1.78. The second kappa shape index (κ2) is 5.63. The van der Waals surface area contributed by atoms with E-state index in [0.717, 1.165) is 6.61 Å². The topological polar surface area (TPSA) is 9.23 Å². The number of hydrogen-bond donors (Lipinski definition) is 0. The normalized spacial score (nSPS) is 10.5. The van der Waals surface area contributed by atoms with E-state index in [1.807, 2.05) is 0 Å².